The number of fused-ring (bicyclic) bond motifs is 3. The average Bonchev–Trinajstić information content (AvgIpc) is 2.98. The molecule has 3 heterocycles. The van der Waals surface area contributed by atoms with Crippen molar-refractivity contribution in [2.24, 2.45) is 11.8 Å². The van der Waals surface area contributed by atoms with Gasteiger partial charge >= 0.3 is 5.97 Å². The van der Waals surface area contributed by atoms with Crippen LogP contribution in [0.5, 0.6) is 11.5 Å². The highest BCUT2D eigenvalue weighted by Crippen LogP contribution is 2.47. The Morgan fingerprint density at radius 2 is 1.58 bits per heavy atom. The molecule has 0 N–H and O–H groups in total. The van der Waals surface area contributed by atoms with Crippen LogP contribution in [0.1, 0.15) is 61.8 Å². The molecular weight excluding hydrogens is 472 g/mol. The van der Waals surface area contributed by atoms with E-state index in [1.54, 1.807) is 0 Å². The molecule has 0 unspecified atom stereocenters. The van der Waals surface area contributed by atoms with Gasteiger partial charge in [-0.25, -0.2) is 0 Å². The van der Waals surface area contributed by atoms with Crippen LogP contribution in [0.2, 0.25) is 0 Å². The van der Waals surface area contributed by atoms with Crippen molar-refractivity contribution in [1.82, 2.24) is 4.98 Å². The van der Waals surface area contributed by atoms with Gasteiger partial charge in [0, 0.05) is 28.3 Å². The Morgan fingerprint density at radius 3 is 2.29 bits per heavy atom. The highest BCUT2D eigenvalue weighted by atomic mass is 16.5. The maximum absolute atomic E-state index is 14.2. The largest absolute Gasteiger partial charge is 0.656 e. The van der Waals surface area contributed by atoms with Crippen molar-refractivity contribution in [3.63, 3.8) is 0 Å². The molecule has 0 amide bonds. The maximum Gasteiger partial charge on any atom is 0.318 e. The number of aromatic nitrogens is 1. The third kappa shape index (κ3) is 4.45. The molecule has 3 aromatic carbocycles. The molecule has 194 valence electrons. The van der Waals surface area contributed by atoms with E-state index in [-0.39, 0.29) is 12.0 Å². The molecule has 6 rings (SSSR count). The number of esters is 1. The van der Waals surface area contributed by atoms with Gasteiger partial charge in [0.05, 0.1) is 5.52 Å². The summed E-state index contributed by atoms with van der Waals surface area (Å²) in [6.45, 7) is 5.31. The van der Waals surface area contributed by atoms with E-state index in [1.807, 2.05) is 79.0 Å². The zero-order valence-corrected chi connectivity index (χ0v) is 21.9. The quantitative estimate of drug-likeness (QED) is 0.249. The first kappa shape index (κ1) is 24.6. The van der Waals surface area contributed by atoms with Gasteiger partial charge in [0.15, 0.2) is 0 Å². The number of ether oxygens (including phenoxy) is 2. The second kappa shape index (κ2) is 10.6. The molecule has 0 saturated carbocycles. The van der Waals surface area contributed by atoms with Gasteiger partial charge in [0.25, 0.3) is 0 Å². The number of benzene rings is 3. The second-order valence-electron chi connectivity index (χ2n) is 10.4. The molecule has 0 radical (unpaired) electrons. The van der Waals surface area contributed by atoms with E-state index in [4.69, 9.17) is 14.8 Å². The number of carbonyl (C=O) groups is 1. The number of nitrogens with zero attached hydrogens (tertiary/aromatic N) is 2. The van der Waals surface area contributed by atoms with Crippen LogP contribution in [0.15, 0.2) is 85.1 Å². The third-order valence-corrected chi connectivity index (χ3v) is 8.33. The molecule has 0 aliphatic carbocycles. The van der Waals surface area contributed by atoms with Gasteiger partial charge in [-0.1, -0.05) is 99.7 Å². The number of para-hydroxylation sites is 3. The van der Waals surface area contributed by atoms with Crippen LogP contribution in [0, 0.1) is 11.8 Å². The molecule has 1 aromatic heterocycles. The standard InChI is InChI=1S/C33H33N2O3/c1-3-21-19-28(35-20-22(21)4-2)32(24-17-18-34-27-14-8-5-11-23(24)27)38-33(36)31-25-12-6-9-15-29(25)37-30-16-10-7-13-26(30)31/h5-18,21-22,28,31-32H,3-4,19-20H2,1-2H3/q-1/t21-,22-,28+,32-/m0/s1. The molecule has 5 nitrogen and oxygen atoms in total. The number of piperidine rings is 1. The Bertz CT molecular complexity index is 1400. The minimum absolute atomic E-state index is 0.108. The van der Waals surface area contributed by atoms with Gasteiger partial charge in [-0.2, -0.15) is 0 Å². The first-order valence-electron chi connectivity index (χ1n) is 13.7. The Hall–Kier alpha value is -3.70. The minimum Gasteiger partial charge on any atom is -0.656 e. The molecule has 0 spiro atoms. The zero-order chi connectivity index (χ0) is 26.1. The monoisotopic (exact) mass is 505 g/mol. The predicted octanol–water partition coefficient (Wildman–Crippen LogP) is 7.96. The van der Waals surface area contributed by atoms with E-state index in [2.05, 4.69) is 24.9 Å². The summed E-state index contributed by atoms with van der Waals surface area (Å²) in [5.74, 6) is 1.68. The van der Waals surface area contributed by atoms with E-state index in [0.717, 1.165) is 53.4 Å². The number of hydrogen-bond donors (Lipinski definition) is 0. The molecule has 4 aromatic rings. The van der Waals surface area contributed by atoms with Gasteiger partial charge in [0.2, 0.25) is 0 Å². The number of hydrogen-bond acceptors (Lipinski definition) is 4. The van der Waals surface area contributed by atoms with E-state index >= 15 is 0 Å². The minimum atomic E-state index is -0.569. The fraction of sp³-hybridized carbons (Fsp3) is 0.333. The molecular formula is C33H33N2O3-. The van der Waals surface area contributed by atoms with Crippen molar-refractivity contribution >= 4 is 16.9 Å². The smallest absolute Gasteiger partial charge is 0.318 e. The second-order valence-corrected chi connectivity index (χ2v) is 10.4. The van der Waals surface area contributed by atoms with Crippen LogP contribution in [0.4, 0.5) is 0 Å². The Morgan fingerprint density at radius 1 is 0.921 bits per heavy atom. The lowest BCUT2D eigenvalue weighted by molar-refractivity contribution is -0.151. The summed E-state index contributed by atoms with van der Waals surface area (Å²) in [5.41, 5.74) is 3.51. The average molecular weight is 506 g/mol. The fourth-order valence-electron chi connectivity index (χ4n) is 6.25. The van der Waals surface area contributed by atoms with Crippen molar-refractivity contribution in [3.8, 4) is 11.5 Å². The van der Waals surface area contributed by atoms with E-state index in [0.29, 0.717) is 23.3 Å². The van der Waals surface area contributed by atoms with Crippen molar-refractivity contribution in [3.05, 3.63) is 107 Å². The summed E-state index contributed by atoms with van der Waals surface area (Å²) in [4.78, 5) is 18.8. The maximum atomic E-state index is 14.2. The molecule has 1 saturated heterocycles. The molecule has 4 atom stereocenters. The number of rotatable bonds is 6. The van der Waals surface area contributed by atoms with Gasteiger partial charge in [0.1, 0.15) is 23.5 Å². The van der Waals surface area contributed by atoms with Gasteiger partial charge in [-0.3, -0.25) is 9.78 Å². The number of pyridine rings is 1. The van der Waals surface area contributed by atoms with E-state index in [9.17, 15) is 4.79 Å². The molecule has 2 aliphatic heterocycles. The summed E-state index contributed by atoms with van der Waals surface area (Å²) in [5, 5.41) is 6.13. The zero-order valence-electron chi connectivity index (χ0n) is 21.9. The summed E-state index contributed by atoms with van der Waals surface area (Å²) in [7, 11) is 0. The SMILES string of the molecule is CC[C@H]1C[N-][C@@H]([C@@H](OC(=O)C2c3ccccc3Oc3ccccc32)c2ccnc3ccccc23)C[C@@H]1CC. The topological polar surface area (TPSA) is 62.5 Å². The fourth-order valence-corrected chi connectivity index (χ4v) is 6.25. The molecule has 2 aliphatic rings. The first-order valence-corrected chi connectivity index (χ1v) is 13.7. The Kier molecular flexibility index (Phi) is 6.86. The highest BCUT2D eigenvalue weighted by Gasteiger charge is 2.37. The summed E-state index contributed by atoms with van der Waals surface area (Å²) in [6.07, 6.45) is 4.44. The van der Waals surface area contributed by atoms with Crippen molar-refractivity contribution in [2.75, 3.05) is 6.54 Å². The summed E-state index contributed by atoms with van der Waals surface area (Å²) in [6, 6.07) is 25.4. The predicted molar refractivity (Wildman–Crippen MR) is 150 cm³/mol. The van der Waals surface area contributed by atoms with Crippen molar-refractivity contribution in [1.29, 1.82) is 0 Å². The van der Waals surface area contributed by atoms with Crippen LogP contribution in [-0.4, -0.2) is 23.5 Å². The van der Waals surface area contributed by atoms with E-state index < -0.39 is 12.0 Å². The third-order valence-electron chi connectivity index (χ3n) is 8.33. The summed E-state index contributed by atoms with van der Waals surface area (Å²) >= 11 is 0. The lowest BCUT2D eigenvalue weighted by atomic mass is 9.77. The Balaban J connectivity index is 1.41. The lowest BCUT2D eigenvalue weighted by Gasteiger charge is -2.49. The van der Waals surface area contributed by atoms with Crippen LogP contribution in [-0.2, 0) is 9.53 Å². The molecule has 0 bridgehead atoms. The van der Waals surface area contributed by atoms with Gasteiger partial charge < -0.3 is 14.8 Å². The van der Waals surface area contributed by atoms with Crippen LogP contribution in [0.3, 0.4) is 0 Å². The number of carbonyl (C=O) groups excluding carboxylic acids is 1. The van der Waals surface area contributed by atoms with Gasteiger partial charge in [-0.15, -0.1) is 6.54 Å². The van der Waals surface area contributed by atoms with Crippen molar-refractivity contribution < 1.29 is 14.3 Å². The Labute approximate surface area is 224 Å². The van der Waals surface area contributed by atoms with E-state index in [1.165, 1.54) is 0 Å². The van der Waals surface area contributed by atoms with Gasteiger partial charge in [-0.05, 0) is 30.2 Å². The first-order chi connectivity index (χ1) is 18.7. The molecule has 38 heavy (non-hydrogen) atoms. The normalized spacial score (nSPS) is 21.7. The van der Waals surface area contributed by atoms with Crippen molar-refractivity contribution in [2.45, 2.75) is 51.2 Å². The molecule has 5 heteroatoms. The van der Waals surface area contributed by atoms with Crippen LogP contribution >= 0.6 is 0 Å². The van der Waals surface area contributed by atoms with Crippen LogP contribution < -0.4 is 4.74 Å². The molecule has 1 fully saturated rings. The highest BCUT2D eigenvalue weighted by molar-refractivity contribution is 5.87. The lowest BCUT2D eigenvalue weighted by Crippen LogP contribution is -2.36. The van der Waals surface area contributed by atoms with Crippen LogP contribution in [0.25, 0.3) is 16.2 Å². The summed E-state index contributed by atoms with van der Waals surface area (Å²) < 4.78 is 12.7.